The van der Waals surface area contributed by atoms with Crippen molar-refractivity contribution in [3.05, 3.63) is 104 Å². The Morgan fingerprint density at radius 2 is 1.88 bits per heavy atom. The number of benzene rings is 2. The molecule has 2 aromatic carbocycles. The minimum Gasteiger partial charge on any atom is -0.385 e. The zero-order chi connectivity index (χ0) is 35.9. The summed E-state index contributed by atoms with van der Waals surface area (Å²) in [5, 5.41) is 24.8. The molecule has 0 aliphatic carbocycles. The van der Waals surface area contributed by atoms with E-state index in [1.165, 1.54) is 0 Å². The molecule has 0 spiro atoms. The lowest BCUT2D eigenvalue weighted by Gasteiger charge is -2.29. The Kier molecular flexibility index (Phi) is 8.90. The average molecular weight is 733 g/mol. The van der Waals surface area contributed by atoms with Crippen LogP contribution in [-0.4, -0.2) is 70.7 Å². The molecule has 52 heavy (non-hydrogen) atoms. The van der Waals surface area contributed by atoms with Crippen LogP contribution in [0.5, 0.6) is 0 Å². The highest BCUT2D eigenvalue weighted by Gasteiger charge is 2.39. The van der Waals surface area contributed by atoms with Gasteiger partial charge in [-0.25, -0.2) is 0 Å². The minimum atomic E-state index is -0.637. The monoisotopic (exact) mass is 732 g/mol. The number of piperidine rings is 1. The van der Waals surface area contributed by atoms with Crippen LogP contribution in [0.2, 0.25) is 5.02 Å². The molecule has 1 atom stereocenters. The van der Waals surface area contributed by atoms with E-state index in [9.17, 15) is 14.4 Å². The number of imide groups is 1. The van der Waals surface area contributed by atoms with Gasteiger partial charge in [-0.2, -0.15) is 0 Å². The summed E-state index contributed by atoms with van der Waals surface area (Å²) in [7, 11) is 0. The lowest BCUT2D eigenvalue weighted by molar-refractivity contribution is -0.136. The van der Waals surface area contributed by atoms with Gasteiger partial charge in [0.1, 0.15) is 23.4 Å². The fourth-order valence-corrected chi connectivity index (χ4v) is 8.21. The number of anilines is 1. The number of fused-ring (bicyclic) bond motifs is 4. The van der Waals surface area contributed by atoms with Crippen LogP contribution in [0.3, 0.4) is 0 Å². The van der Waals surface area contributed by atoms with Crippen molar-refractivity contribution in [1.82, 2.24) is 40.0 Å². The molecule has 6 heterocycles. The number of thiophene rings is 1. The van der Waals surface area contributed by atoms with Crippen molar-refractivity contribution in [2.45, 2.75) is 65.2 Å². The molecule has 13 nitrogen and oxygen atoms in total. The van der Waals surface area contributed by atoms with Crippen molar-refractivity contribution in [1.29, 1.82) is 0 Å². The zero-order valence-electron chi connectivity index (χ0n) is 28.4. The number of nitrogens with zero attached hydrogens (tertiary/aromatic N) is 8. The quantitative estimate of drug-likeness (QED) is 0.134. The first-order valence-corrected chi connectivity index (χ1v) is 18.2. The second kappa shape index (κ2) is 13.8. The Morgan fingerprint density at radius 1 is 1.04 bits per heavy atom. The second-order valence-corrected chi connectivity index (χ2v) is 14.3. The van der Waals surface area contributed by atoms with Gasteiger partial charge in [0.05, 0.1) is 16.8 Å². The van der Waals surface area contributed by atoms with Gasteiger partial charge in [0, 0.05) is 59.0 Å². The largest absolute Gasteiger partial charge is 0.385 e. The molecule has 15 heteroatoms. The number of aromatic nitrogens is 6. The topological polar surface area (TPSA) is 152 Å². The number of aliphatic imine (C=N–C) groups is 1. The molecule has 0 saturated carbocycles. The molecule has 2 N–H and O–H groups in total. The van der Waals surface area contributed by atoms with Gasteiger partial charge in [-0.1, -0.05) is 35.0 Å². The summed E-state index contributed by atoms with van der Waals surface area (Å²) in [4.78, 5) is 44.6. The van der Waals surface area contributed by atoms with Crippen LogP contribution in [0.1, 0.15) is 80.5 Å². The van der Waals surface area contributed by atoms with E-state index in [0.29, 0.717) is 48.9 Å². The van der Waals surface area contributed by atoms with Crippen molar-refractivity contribution in [3.63, 3.8) is 0 Å². The van der Waals surface area contributed by atoms with Crippen LogP contribution < -0.4 is 10.6 Å². The maximum Gasteiger partial charge on any atom is 0.255 e. The van der Waals surface area contributed by atoms with E-state index in [0.717, 1.165) is 68.0 Å². The van der Waals surface area contributed by atoms with Gasteiger partial charge < -0.3 is 10.2 Å². The van der Waals surface area contributed by atoms with Crippen molar-refractivity contribution < 1.29 is 14.4 Å². The summed E-state index contributed by atoms with van der Waals surface area (Å²) in [6.45, 7) is 6.13. The van der Waals surface area contributed by atoms with E-state index in [4.69, 9.17) is 16.6 Å². The molecule has 3 aromatic heterocycles. The highest BCUT2D eigenvalue weighted by molar-refractivity contribution is 7.15. The maximum absolute atomic E-state index is 13.1. The van der Waals surface area contributed by atoms with E-state index >= 15 is 0 Å². The Morgan fingerprint density at radius 3 is 2.71 bits per heavy atom. The molecule has 3 amide bonds. The molecular formula is C37H33ClN10O3S. The number of rotatable bonds is 8. The van der Waals surface area contributed by atoms with E-state index in [1.807, 2.05) is 49.5 Å². The smallest absolute Gasteiger partial charge is 0.255 e. The van der Waals surface area contributed by atoms with Crippen LogP contribution in [-0.2, 0) is 29.2 Å². The highest BCUT2D eigenvalue weighted by atomic mass is 35.5. The van der Waals surface area contributed by atoms with Gasteiger partial charge in [0.2, 0.25) is 11.8 Å². The lowest BCUT2D eigenvalue weighted by atomic mass is 10.00. The summed E-state index contributed by atoms with van der Waals surface area (Å²) in [6.07, 6.45) is 4.13. The second-order valence-electron chi connectivity index (χ2n) is 12.9. The minimum absolute atomic E-state index is 0.182. The summed E-state index contributed by atoms with van der Waals surface area (Å²) < 4.78 is 3.87. The number of nitrogens with one attached hydrogen (secondary N) is 2. The Balaban J connectivity index is 0.906. The molecule has 8 rings (SSSR count). The van der Waals surface area contributed by atoms with Gasteiger partial charge in [-0.15, -0.1) is 26.6 Å². The summed E-state index contributed by atoms with van der Waals surface area (Å²) in [5.74, 6) is 7.23. The van der Waals surface area contributed by atoms with Crippen LogP contribution >= 0.6 is 22.9 Å². The van der Waals surface area contributed by atoms with Crippen LogP contribution in [0.4, 0.5) is 5.69 Å². The standard InChI is InChI=1S/C37H33ClN10O3S/c1-21-30(52-37-33(21)34(23-8-10-24(38)11-9-23)40-18-31-44-42-22(2)48(31)37)14-12-25-19-46(45-43-25)17-4-3-16-39-28-7-5-6-26-27(28)20-47(36(26)51)29-13-15-32(49)41-35(29)50/h5-11,19,29,39H,3-4,13,15-18,20H2,1-2H3,(H,41,49,50). The Bertz CT molecular complexity index is 2350. The molecule has 1 fully saturated rings. The fourth-order valence-electron chi connectivity index (χ4n) is 6.86. The fraction of sp³-hybridized carbons (Fsp3) is 0.297. The Hall–Kier alpha value is -5.65. The molecule has 262 valence electrons. The van der Waals surface area contributed by atoms with Crippen molar-refractivity contribution in [3.8, 4) is 16.8 Å². The van der Waals surface area contributed by atoms with Crippen molar-refractivity contribution >= 4 is 52.1 Å². The first kappa shape index (κ1) is 33.5. The van der Waals surface area contributed by atoms with Crippen LogP contribution in [0, 0.1) is 25.7 Å². The molecule has 1 saturated heterocycles. The summed E-state index contributed by atoms with van der Waals surface area (Å²) in [5.41, 5.74) is 6.81. The van der Waals surface area contributed by atoms with E-state index in [-0.39, 0.29) is 18.2 Å². The van der Waals surface area contributed by atoms with Crippen molar-refractivity contribution in [2.75, 3.05) is 11.9 Å². The highest BCUT2D eigenvalue weighted by Crippen LogP contribution is 2.37. The van der Waals surface area contributed by atoms with Gasteiger partial charge in [0.15, 0.2) is 11.5 Å². The SMILES string of the molecule is Cc1c(C#Cc2cn(CCCCNc3cccc4c3CN(C3CCC(=O)NC3=O)C4=O)nn2)sc2c1C(c1ccc(Cl)cc1)=NCc1nnc(C)n1-2. The van der Waals surface area contributed by atoms with Gasteiger partial charge in [-0.3, -0.25) is 33.9 Å². The summed E-state index contributed by atoms with van der Waals surface area (Å²) in [6, 6.07) is 12.7. The predicted molar refractivity (Wildman–Crippen MR) is 196 cm³/mol. The molecule has 1 unspecified atom stereocenters. The molecule has 5 aromatic rings. The number of hydrogen-bond donors (Lipinski definition) is 2. The van der Waals surface area contributed by atoms with E-state index < -0.39 is 11.9 Å². The molecule has 0 radical (unpaired) electrons. The maximum atomic E-state index is 13.1. The number of carbonyl (C=O) groups excluding carboxylic acids is 3. The third-order valence-corrected chi connectivity index (χ3v) is 11.0. The lowest BCUT2D eigenvalue weighted by Crippen LogP contribution is -2.52. The number of carbonyl (C=O) groups is 3. The van der Waals surface area contributed by atoms with Gasteiger partial charge in [-0.05, 0) is 74.8 Å². The Labute approximate surface area is 308 Å². The normalized spacial score (nSPS) is 16.4. The van der Waals surface area contributed by atoms with Crippen LogP contribution in [0.15, 0.2) is 53.7 Å². The number of unbranched alkanes of at least 4 members (excludes halogenated alkanes) is 1. The number of amides is 3. The zero-order valence-corrected chi connectivity index (χ0v) is 30.0. The first-order valence-electron chi connectivity index (χ1n) is 17.0. The molecular weight excluding hydrogens is 700 g/mol. The summed E-state index contributed by atoms with van der Waals surface area (Å²) >= 11 is 7.78. The molecule has 3 aliphatic rings. The third kappa shape index (κ3) is 6.26. The molecule has 3 aliphatic heterocycles. The van der Waals surface area contributed by atoms with Crippen LogP contribution in [0.25, 0.3) is 5.00 Å². The average Bonchev–Trinajstić information content (AvgIpc) is 3.88. The van der Waals surface area contributed by atoms with Crippen molar-refractivity contribution in [2.24, 2.45) is 4.99 Å². The first-order chi connectivity index (χ1) is 25.2. The van der Waals surface area contributed by atoms with E-state index in [2.05, 4.69) is 54.5 Å². The van der Waals surface area contributed by atoms with Gasteiger partial charge >= 0.3 is 0 Å². The predicted octanol–water partition coefficient (Wildman–Crippen LogP) is 4.59. The third-order valence-electron chi connectivity index (χ3n) is 9.51. The van der Waals surface area contributed by atoms with Gasteiger partial charge in [0.25, 0.3) is 5.91 Å². The molecule has 0 bridgehead atoms. The number of hydrogen-bond acceptors (Lipinski definition) is 10. The number of aryl methyl sites for hydroxylation is 2. The number of halogens is 1. The van der Waals surface area contributed by atoms with E-state index in [1.54, 1.807) is 27.0 Å².